The van der Waals surface area contributed by atoms with E-state index in [9.17, 15) is 18.0 Å². The molecule has 1 aromatic heterocycles. The van der Waals surface area contributed by atoms with Gasteiger partial charge < -0.3 is 14.2 Å². The van der Waals surface area contributed by atoms with Crippen LogP contribution in [0.4, 0.5) is 5.69 Å². The van der Waals surface area contributed by atoms with Crippen LogP contribution in [0.1, 0.15) is 28.4 Å². The van der Waals surface area contributed by atoms with Gasteiger partial charge in [0.25, 0.3) is 0 Å². The van der Waals surface area contributed by atoms with Gasteiger partial charge in [-0.1, -0.05) is 18.2 Å². The molecule has 9 nitrogen and oxygen atoms in total. The second kappa shape index (κ2) is 7.47. The maximum atomic E-state index is 12.9. The van der Waals surface area contributed by atoms with Crippen LogP contribution in [0.25, 0.3) is 0 Å². The quantitative estimate of drug-likeness (QED) is 0.666. The lowest BCUT2D eigenvalue weighted by molar-refractivity contribution is -0.119. The van der Waals surface area contributed by atoms with E-state index in [0.29, 0.717) is 15.4 Å². The van der Waals surface area contributed by atoms with Gasteiger partial charge in [-0.3, -0.25) is 4.79 Å². The second-order valence-electron chi connectivity index (χ2n) is 5.99. The number of amides is 1. The molecule has 0 radical (unpaired) electrons. The van der Waals surface area contributed by atoms with Crippen molar-refractivity contribution in [3.8, 4) is 11.8 Å². The number of pyridine rings is 1. The van der Waals surface area contributed by atoms with Crippen LogP contribution in [0.2, 0.25) is 0 Å². The highest BCUT2D eigenvalue weighted by atomic mass is 32.2. The Labute approximate surface area is 161 Å². The van der Waals surface area contributed by atoms with Gasteiger partial charge in [0.2, 0.25) is 27.7 Å². The van der Waals surface area contributed by atoms with Crippen LogP contribution in [0.15, 0.2) is 36.4 Å². The molecule has 0 spiro atoms. The summed E-state index contributed by atoms with van der Waals surface area (Å²) in [7, 11) is -1.33. The second-order valence-corrected chi connectivity index (χ2v) is 7.82. The first-order valence-electron chi connectivity index (χ1n) is 8.18. The van der Waals surface area contributed by atoms with Crippen LogP contribution in [-0.2, 0) is 19.6 Å². The summed E-state index contributed by atoms with van der Waals surface area (Å²) < 4.78 is 40.7. The molecule has 0 saturated carbocycles. The zero-order chi connectivity index (χ0) is 20.5. The Balaban J connectivity index is 1.96. The lowest BCUT2D eigenvalue weighted by atomic mass is 10.0. The van der Waals surface area contributed by atoms with Gasteiger partial charge in [0, 0.05) is 11.6 Å². The number of aromatic nitrogens is 1. The van der Waals surface area contributed by atoms with Gasteiger partial charge in [-0.25, -0.2) is 17.5 Å². The molecule has 1 aromatic carbocycles. The highest BCUT2D eigenvalue weighted by Gasteiger charge is 2.36. The Hall–Kier alpha value is -3.14. The van der Waals surface area contributed by atoms with E-state index in [1.54, 1.807) is 24.3 Å². The Morgan fingerprint density at radius 1 is 1.18 bits per heavy atom. The molecule has 10 heteroatoms. The zero-order valence-corrected chi connectivity index (χ0v) is 16.2. The molecule has 1 aliphatic heterocycles. The molecule has 1 aliphatic rings. The standard InChI is InChI=1S/C18H18N2O7S/c1-25-15-9-8-13(17(19-15)26-2)20(28(3,23)24)16(21)10-14-11-6-4-5-7-12(11)18(22)27-14/h4-9,14H,10H2,1-3H3. The summed E-state index contributed by atoms with van der Waals surface area (Å²) in [4.78, 5) is 28.9. The zero-order valence-electron chi connectivity index (χ0n) is 15.4. The Bertz CT molecular complexity index is 1040. The number of cyclic esters (lactones) is 1. The van der Waals surface area contributed by atoms with Crippen molar-refractivity contribution in [2.45, 2.75) is 12.5 Å². The van der Waals surface area contributed by atoms with Crippen LogP contribution in [0.3, 0.4) is 0 Å². The van der Waals surface area contributed by atoms with E-state index in [2.05, 4.69) is 4.98 Å². The number of anilines is 1. The first kappa shape index (κ1) is 19.6. The first-order chi connectivity index (χ1) is 13.3. The van der Waals surface area contributed by atoms with Crippen LogP contribution < -0.4 is 13.8 Å². The summed E-state index contributed by atoms with van der Waals surface area (Å²) in [6, 6.07) is 9.42. The smallest absolute Gasteiger partial charge is 0.339 e. The van der Waals surface area contributed by atoms with Crippen molar-refractivity contribution in [2.24, 2.45) is 0 Å². The largest absolute Gasteiger partial charge is 0.481 e. The molecule has 0 N–H and O–H groups in total. The third kappa shape index (κ3) is 3.63. The van der Waals surface area contributed by atoms with Gasteiger partial charge in [0.1, 0.15) is 11.8 Å². The highest BCUT2D eigenvalue weighted by Crippen LogP contribution is 2.36. The monoisotopic (exact) mass is 406 g/mol. The topological polar surface area (TPSA) is 112 Å². The van der Waals surface area contributed by atoms with Crippen molar-refractivity contribution >= 4 is 27.6 Å². The van der Waals surface area contributed by atoms with E-state index >= 15 is 0 Å². The maximum Gasteiger partial charge on any atom is 0.339 e. The summed E-state index contributed by atoms with van der Waals surface area (Å²) in [5, 5.41) is 0. The van der Waals surface area contributed by atoms with Crippen molar-refractivity contribution < 1.29 is 32.2 Å². The number of fused-ring (bicyclic) bond motifs is 1. The van der Waals surface area contributed by atoms with E-state index < -0.39 is 28.0 Å². The summed E-state index contributed by atoms with van der Waals surface area (Å²) in [5.41, 5.74) is 0.831. The van der Waals surface area contributed by atoms with Gasteiger partial charge in [-0.15, -0.1) is 0 Å². The number of rotatable bonds is 6. The molecule has 1 amide bonds. The number of ether oxygens (including phenoxy) is 3. The van der Waals surface area contributed by atoms with Gasteiger partial charge in [0.15, 0.2) is 0 Å². The van der Waals surface area contributed by atoms with Crippen molar-refractivity contribution in [3.63, 3.8) is 0 Å². The number of esters is 1. The van der Waals surface area contributed by atoms with E-state index in [4.69, 9.17) is 14.2 Å². The average molecular weight is 406 g/mol. The fourth-order valence-corrected chi connectivity index (χ4v) is 3.89. The number of hydrogen-bond acceptors (Lipinski definition) is 8. The molecule has 28 heavy (non-hydrogen) atoms. The fourth-order valence-electron chi connectivity index (χ4n) is 2.95. The summed E-state index contributed by atoms with van der Waals surface area (Å²) in [5.74, 6) is -1.24. The van der Waals surface area contributed by atoms with Gasteiger partial charge in [-0.2, -0.15) is 4.98 Å². The summed E-state index contributed by atoms with van der Waals surface area (Å²) in [6.45, 7) is 0. The lowest BCUT2D eigenvalue weighted by Crippen LogP contribution is -2.37. The molecule has 0 bridgehead atoms. The van der Waals surface area contributed by atoms with Gasteiger partial charge in [-0.05, 0) is 12.1 Å². The molecule has 1 unspecified atom stereocenters. The molecule has 0 fully saturated rings. The van der Waals surface area contributed by atoms with Crippen molar-refractivity contribution in [3.05, 3.63) is 47.5 Å². The van der Waals surface area contributed by atoms with E-state index in [1.807, 2.05) is 0 Å². The molecule has 2 aromatic rings. The Kier molecular flexibility index (Phi) is 5.23. The number of carbonyl (C=O) groups is 2. The van der Waals surface area contributed by atoms with Crippen LogP contribution in [-0.4, -0.2) is 45.8 Å². The molecular weight excluding hydrogens is 388 g/mol. The average Bonchev–Trinajstić information content (AvgIpc) is 2.97. The minimum Gasteiger partial charge on any atom is -0.481 e. The van der Waals surface area contributed by atoms with E-state index in [1.165, 1.54) is 26.4 Å². The normalized spacial score (nSPS) is 15.5. The minimum absolute atomic E-state index is 0.0617. The van der Waals surface area contributed by atoms with Crippen molar-refractivity contribution in [2.75, 3.05) is 24.8 Å². The number of hydrogen-bond donors (Lipinski definition) is 0. The number of benzene rings is 1. The molecule has 1 atom stereocenters. The number of nitrogens with zero attached hydrogens (tertiary/aromatic N) is 2. The lowest BCUT2D eigenvalue weighted by Gasteiger charge is -2.23. The molecule has 0 aliphatic carbocycles. The fraction of sp³-hybridized carbons (Fsp3) is 0.278. The van der Waals surface area contributed by atoms with Gasteiger partial charge >= 0.3 is 5.97 Å². The SMILES string of the molecule is COc1ccc(N(C(=O)CC2OC(=O)c3ccccc32)S(C)(=O)=O)c(OC)n1. The highest BCUT2D eigenvalue weighted by molar-refractivity contribution is 7.92. The van der Waals surface area contributed by atoms with Crippen molar-refractivity contribution in [1.82, 2.24) is 4.98 Å². The number of methoxy groups -OCH3 is 2. The van der Waals surface area contributed by atoms with E-state index in [0.717, 1.165) is 6.26 Å². The summed E-state index contributed by atoms with van der Waals surface area (Å²) >= 11 is 0. The molecule has 3 rings (SSSR count). The molecule has 2 heterocycles. The maximum absolute atomic E-state index is 12.9. The Morgan fingerprint density at radius 2 is 1.89 bits per heavy atom. The molecular formula is C18H18N2O7S. The minimum atomic E-state index is -4.02. The van der Waals surface area contributed by atoms with Gasteiger partial charge in [0.05, 0.1) is 32.5 Å². The predicted octanol–water partition coefficient (Wildman–Crippen LogP) is 1.69. The van der Waals surface area contributed by atoms with Crippen LogP contribution >= 0.6 is 0 Å². The first-order valence-corrected chi connectivity index (χ1v) is 10.0. The third-order valence-electron chi connectivity index (χ3n) is 4.13. The van der Waals surface area contributed by atoms with Crippen LogP contribution in [0, 0.1) is 0 Å². The van der Waals surface area contributed by atoms with Crippen molar-refractivity contribution in [1.29, 1.82) is 0 Å². The summed E-state index contributed by atoms with van der Waals surface area (Å²) in [6.07, 6.45) is -0.341. The van der Waals surface area contributed by atoms with Crippen LogP contribution in [0.5, 0.6) is 11.8 Å². The number of carbonyl (C=O) groups excluding carboxylic acids is 2. The molecule has 0 saturated heterocycles. The predicted molar refractivity (Wildman–Crippen MR) is 98.9 cm³/mol. The van der Waals surface area contributed by atoms with E-state index in [-0.39, 0.29) is 23.9 Å². The number of sulfonamides is 1. The molecule has 148 valence electrons. The Morgan fingerprint density at radius 3 is 2.54 bits per heavy atom. The third-order valence-corrected chi connectivity index (χ3v) is 5.19.